The van der Waals surface area contributed by atoms with E-state index >= 15 is 0 Å². The Morgan fingerprint density at radius 3 is 2.17 bits per heavy atom. The highest BCUT2D eigenvalue weighted by Crippen LogP contribution is 2.15. The highest BCUT2D eigenvalue weighted by Gasteiger charge is 2.25. The Bertz CT molecular complexity index is 690. The Hall–Kier alpha value is -2.18. The van der Waals surface area contributed by atoms with E-state index in [1.54, 1.807) is 7.11 Å². The zero-order valence-electron chi connectivity index (χ0n) is 13.6. The third-order valence-corrected chi connectivity index (χ3v) is 4.96. The first-order valence-corrected chi connectivity index (χ1v) is 8.77. The van der Waals surface area contributed by atoms with Gasteiger partial charge in [0.1, 0.15) is 0 Å². The highest BCUT2D eigenvalue weighted by molar-refractivity contribution is 7.12. The van der Waals surface area contributed by atoms with Crippen molar-refractivity contribution in [1.29, 1.82) is 0 Å². The molecule has 2 heterocycles. The molecule has 1 aliphatic rings. The molecule has 0 N–H and O–H groups in total. The normalized spacial score (nSPS) is 14.7. The molecule has 0 aliphatic carbocycles. The minimum Gasteiger partial charge on any atom is -0.380 e. The van der Waals surface area contributed by atoms with Crippen LogP contribution in [0.3, 0.4) is 0 Å². The summed E-state index contributed by atoms with van der Waals surface area (Å²) in [7, 11) is 1.65. The molecule has 0 spiro atoms. The maximum Gasteiger partial charge on any atom is 0.264 e. The van der Waals surface area contributed by atoms with Crippen LogP contribution >= 0.6 is 11.3 Å². The zero-order valence-corrected chi connectivity index (χ0v) is 14.4. The predicted molar refractivity (Wildman–Crippen MR) is 93.3 cm³/mol. The lowest BCUT2D eigenvalue weighted by Gasteiger charge is -2.34. The first-order chi connectivity index (χ1) is 11.7. The number of carbonyl (C=O) groups excluding carboxylic acids is 2. The van der Waals surface area contributed by atoms with Crippen molar-refractivity contribution in [2.45, 2.75) is 6.61 Å². The molecule has 6 heteroatoms. The fourth-order valence-corrected chi connectivity index (χ4v) is 3.45. The molecule has 1 saturated heterocycles. The van der Waals surface area contributed by atoms with Crippen molar-refractivity contribution in [1.82, 2.24) is 9.80 Å². The van der Waals surface area contributed by atoms with Crippen LogP contribution in [0.5, 0.6) is 0 Å². The average molecular weight is 344 g/mol. The van der Waals surface area contributed by atoms with E-state index in [1.165, 1.54) is 11.3 Å². The number of amides is 2. The number of hydrogen-bond donors (Lipinski definition) is 0. The van der Waals surface area contributed by atoms with Crippen LogP contribution in [0.15, 0.2) is 41.8 Å². The van der Waals surface area contributed by atoms with Crippen LogP contribution < -0.4 is 0 Å². The van der Waals surface area contributed by atoms with Gasteiger partial charge < -0.3 is 14.5 Å². The number of piperazine rings is 1. The molecule has 0 bridgehead atoms. The molecule has 3 rings (SSSR count). The van der Waals surface area contributed by atoms with E-state index < -0.39 is 0 Å². The smallest absolute Gasteiger partial charge is 0.264 e. The summed E-state index contributed by atoms with van der Waals surface area (Å²) in [6.07, 6.45) is 0. The van der Waals surface area contributed by atoms with Crippen molar-refractivity contribution in [3.63, 3.8) is 0 Å². The minimum absolute atomic E-state index is 0.0159. The van der Waals surface area contributed by atoms with Gasteiger partial charge in [-0.2, -0.15) is 0 Å². The van der Waals surface area contributed by atoms with Gasteiger partial charge in [-0.25, -0.2) is 0 Å². The molecule has 0 radical (unpaired) electrons. The second-order valence-electron chi connectivity index (χ2n) is 5.69. The SMILES string of the molecule is COCc1ccc(C(=O)N2CCN(C(=O)c3cccs3)CC2)cc1. The molecule has 1 aromatic carbocycles. The average Bonchev–Trinajstić information content (AvgIpc) is 3.16. The van der Waals surface area contributed by atoms with Crippen molar-refractivity contribution < 1.29 is 14.3 Å². The van der Waals surface area contributed by atoms with Gasteiger partial charge >= 0.3 is 0 Å². The number of methoxy groups -OCH3 is 1. The van der Waals surface area contributed by atoms with Crippen LogP contribution in [0, 0.1) is 0 Å². The van der Waals surface area contributed by atoms with E-state index in [-0.39, 0.29) is 11.8 Å². The Morgan fingerprint density at radius 2 is 1.62 bits per heavy atom. The number of rotatable bonds is 4. The molecule has 0 saturated carbocycles. The number of thiophene rings is 1. The number of carbonyl (C=O) groups is 2. The molecule has 2 amide bonds. The summed E-state index contributed by atoms with van der Waals surface area (Å²) in [6.45, 7) is 2.82. The third kappa shape index (κ3) is 3.66. The van der Waals surface area contributed by atoms with E-state index in [9.17, 15) is 9.59 Å². The summed E-state index contributed by atoms with van der Waals surface area (Å²) in [4.78, 5) is 29.3. The molecular formula is C18H20N2O3S. The highest BCUT2D eigenvalue weighted by atomic mass is 32.1. The molecule has 0 unspecified atom stereocenters. The number of ether oxygens (including phenoxy) is 1. The van der Waals surface area contributed by atoms with E-state index in [2.05, 4.69) is 0 Å². The molecule has 1 aromatic heterocycles. The van der Waals surface area contributed by atoms with Crippen molar-refractivity contribution >= 4 is 23.2 Å². The van der Waals surface area contributed by atoms with Gasteiger partial charge in [0.2, 0.25) is 0 Å². The van der Waals surface area contributed by atoms with Gasteiger partial charge in [-0.05, 0) is 29.1 Å². The van der Waals surface area contributed by atoms with Gasteiger partial charge in [0.25, 0.3) is 11.8 Å². The van der Waals surface area contributed by atoms with Crippen LogP contribution in [0.1, 0.15) is 25.6 Å². The van der Waals surface area contributed by atoms with Crippen LogP contribution in [0.25, 0.3) is 0 Å². The van der Waals surface area contributed by atoms with Crippen molar-refractivity contribution in [3.05, 3.63) is 57.8 Å². The number of hydrogen-bond acceptors (Lipinski definition) is 4. The van der Waals surface area contributed by atoms with E-state index in [0.717, 1.165) is 10.4 Å². The van der Waals surface area contributed by atoms with Crippen LogP contribution in [-0.2, 0) is 11.3 Å². The molecular weight excluding hydrogens is 324 g/mol. The van der Waals surface area contributed by atoms with Gasteiger partial charge in [-0.1, -0.05) is 18.2 Å². The van der Waals surface area contributed by atoms with Crippen LogP contribution in [0.2, 0.25) is 0 Å². The van der Waals surface area contributed by atoms with Crippen molar-refractivity contribution in [2.75, 3.05) is 33.3 Å². The third-order valence-electron chi connectivity index (χ3n) is 4.10. The lowest BCUT2D eigenvalue weighted by atomic mass is 10.1. The van der Waals surface area contributed by atoms with E-state index in [0.29, 0.717) is 38.3 Å². The minimum atomic E-state index is 0.0159. The zero-order chi connectivity index (χ0) is 16.9. The summed E-state index contributed by atoms with van der Waals surface area (Å²) in [5, 5.41) is 1.90. The summed E-state index contributed by atoms with van der Waals surface area (Å²) in [6, 6.07) is 11.2. The van der Waals surface area contributed by atoms with Gasteiger partial charge in [0.15, 0.2) is 0 Å². The molecule has 126 valence electrons. The summed E-state index contributed by atoms with van der Waals surface area (Å²) in [5.74, 6) is 0.0724. The molecule has 1 fully saturated rings. The monoisotopic (exact) mass is 344 g/mol. The summed E-state index contributed by atoms with van der Waals surface area (Å²) >= 11 is 1.45. The standard InChI is InChI=1S/C18H20N2O3S/c1-23-13-14-4-6-15(7-5-14)17(21)19-8-10-20(11-9-19)18(22)16-3-2-12-24-16/h2-7,12H,8-11,13H2,1H3. The maximum absolute atomic E-state index is 12.6. The lowest BCUT2D eigenvalue weighted by molar-refractivity contribution is 0.0538. The fourth-order valence-electron chi connectivity index (χ4n) is 2.76. The maximum atomic E-state index is 12.6. The van der Waals surface area contributed by atoms with Crippen LogP contribution in [0.4, 0.5) is 0 Å². The topological polar surface area (TPSA) is 49.9 Å². The Labute approximate surface area is 145 Å². The van der Waals surface area contributed by atoms with Crippen molar-refractivity contribution in [2.24, 2.45) is 0 Å². The van der Waals surface area contributed by atoms with E-state index in [1.807, 2.05) is 51.6 Å². The number of nitrogens with zero attached hydrogens (tertiary/aromatic N) is 2. The van der Waals surface area contributed by atoms with Gasteiger partial charge in [-0.15, -0.1) is 11.3 Å². The van der Waals surface area contributed by atoms with Crippen molar-refractivity contribution in [3.8, 4) is 0 Å². The Morgan fingerprint density at radius 1 is 1.00 bits per heavy atom. The van der Waals surface area contributed by atoms with Gasteiger partial charge in [0.05, 0.1) is 11.5 Å². The van der Waals surface area contributed by atoms with E-state index in [4.69, 9.17) is 4.74 Å². The fraction of sp³-hybridized carbons (Fsp3) is 0.333. The molecule has 5 nitrogen and oxygen atoms in total. The van der Waals surface area contributed by atoms with Crippen LogP contribution in [-0.4, -0.2) is 54.9 Å². The Kier molecular flexibility index (Phi) is 5.27. The first kappa shape index (κ1) is 16.7. The number of benzene rings is 1. The largest absolute Gasteiger partial charge is 0.380 e. The quantitative estimate of drug-likeness (QED) is 0.856. The second kappa shape index (κ2) is 7.59. The predicted octanol–water partition coefficient (Wildman–Crippen LogP) is 2.49. The lowest BCUT2D eigenvalue weighted by Crippen LogP contribution is -2.50. The first-order valence-electron chi connectivity index (χ1n) is 7.89. The van der Waals surface area contributed by atoms with Gasteiger partial charge in [0, 0.05) is 38.9 Å². The summed E-state index contributed by atoms with van der Waals surface area (Å²) in [5.41, 5.74) is 1.72. The molecule has 2 aromatic rings. The molecule has 1 aliphatic heterocycles. The van der Waals surface area contributed by atoms with Gasteiger partial charge in [-0.3, -0.25) is 9.59 Å². The molecule has 24 heavy (non-hydrogen) atoms. The Balaban J connectivity index is 1.57. The molecule has 0 atom stereocenters. The summed E-state index contributed by atoms with van der Waals surface area (Å²) < 4.78 is 5.08. The second-order valence-corrected chi connectivity index (χ2v) is 6.64.